The second kappa shape index (κ2) is 11.7. The molecule has 5 nitrogen and oxygen atoms in total. The number of rotatable bonds is 4. The van der Waals surface area contributed by atoms with Crippen LogP contribution in [0.2, 0.25) is 0 Å². The van der Waals surface area contributed by atoms with Gasteiger partial charge in [-0.15, -0.1) is 0 Å². The van der Waals surface area contributed by atoms with Crippen molar-refractivity contribution in [2.75, 3.05) is 0 Å². The second-order valence-electron chi connectivity index (χ2n) is 13.1. The van der Waals surface area contributed by atoms with Crippen LogP contribution in [0.5, 0.6) is 11.5 Å². The average molecular weight is 665 g/mol. The van der Waals surface area contributed by atoms with Gasteiger partial charge in [-0.3, -0.25) is 0 Å². The summed E-state index contributed by atoms with van der Waals surface area (Å²) < 4.78 is 6.48. The number of hydrogen-bond donors (Lipinski definition) is 0. The molecule has 0 bridgehead atoms. The Balaban J connectivity index is 1.11. The van der Waals surface area contributed by atoms with E-state index in [0.29, 0.717) is 23.0 Å². The van der Waals surface area contributed by atoms with Crippen LogP contribution in [-0.4, -0.2) is 15.0 Å². The fourth-order valence-electron chi connectivity index (χ4n) is 7.91. The van der Waals surface area contributed by atoms with Crippen LogP contribution < -0.4 is 4.74 Å². The Morgan fingerprint density at radius 3 is 1.40 bits per heavy atom. The van der Waals surface area contributed by atoms with Crippen molar-refractivity contribution in [3.05, 3.63) is 198 Å². The molecule has 0 amide bonds. The van der Waals surface area contributed by atoms with Gasteiger partial charge in [-0.1, -0.05) is 140 Å². The molecule has 5 heteroatoms. The van der Waals surface area contributed by atoms with Crippen molar-refractivity contribution in [3.63, 3.8) is 0 Å². The predicted octanol–water partition coefficient (Wildman–Crippen LogP) is 10.9. The van der Waals surface area contributed by atoms with Crippen molar-refractivity contribution in [3.8, 4) is 74.0 Å². The monoisotopic (exact) mass is 664 g/mol. The number of fused-ring (bicyclic) bond motifs is 9. The molecule has 242 valence electrons. The summed E-state index contributed by atoms with van der Waals surface area (Å²) in [7, 11) is 0. The highest BCUT2D eigenvalue weighted by molar-refractivity contribution is 5.91. The minimum absolute atomic E-state index is 0.585. The van der Waals surface area contributed by atoms with E-state index in [2.05, 4.69) is 78.9 Å². The molecule has 0 fully saturated rings. The van der Waals surface area contributed by atoms with Gasteiger partial charge in [-0.05, 0) is 63.7 Å². The van der Waals surface area contributed by atoms with Crippen LogP contribution in [0.4, 0.5) is 0 Å². The Hall–Kier alpha value is -7.16. The number of hydrogen-bond acceptors (Lipinski definition) is 5. The predicted molar refractivity (Wildman–Crippen MR) is 204 cm³/mol. The van der Waals surface area contributed by atoms with Crippen LogP contribution in [0.25, 0.3) is 56.4 Å². The largest absolute Gasteiger partial charge is 0.457 e. The minimum Gasteiger partial charge on any atom is -0.457 e. The molecule has 0 N–H and O–H groups in total. The fourth-order valence-corrected chi connectivity index (χ4v) is 7.91. The number of aromatic nitrogens is 3. The average Bonchev–Trinajstić information content (AvgIpc) is 3.50. The van der Waals surface area contributed by atoms with Gasteiger partial charge in [0.05, 0.1) is 17.0 Å². The van der Waals surface area contributed by atoms with Crippen molar-refractivity contribution in [2.24, 2.45) is 0 Å². The maximum absolute atomic E-state index is 9.97. The van der Waals surface area contributed by atoms with Crippen molar-refractivity contribution < 1.29 is 4.74 Å². The van der Waals surface area contributed by atoms with Crippen LogP contribution in [0.1, 0.15) is 27.8 Å². The van der Waals surface area contributed by atoms with Gasteiger partial charge in [0.25, 0.3) is 0 Å². The van der Waals surface area contributed by atoms with E-state index in [4.69, 9.17) is 19.7 Å². The summed E-state index contributed by atoms with van der Waals surface area (Å²) in [4.78, 5) is 14.7. The van der Waals surface area contributed by atoms with Crippen molar-refractivity contribution in [1.82, 2.24) is 15.0 Å². The Morgan fingerprint density at radius 1 is 0.404 bits per heavy atom. The van der Waals surface area contributed by atoms with E-state index in [1.165, 1.54) is 5.56 Å². The molecule has 1 aromatic heterocycles. The van der Waals surface area contributed by atoms with Gasteiger partial charge in [0.1, 0.15) is 11.5 Å². The molecular weight excluding hydrogens is 637 g/mol. The first-order valence-electron chi connectivity index (χ1n) is 17.2. The molecule has 7 aromatic carbocycles. The molecule has 10 rings (SSSR count). The lowest BCUT2D eigenvalue weighted by molar-refractivity contribution is 0.436. The number of ether oxygens (including phenoxy) is 1. The third-order valence-electron chi connectivity index (χ3n) is 10.2. The van der Waals surface area contributed by atoms with Gasteiger partial charge < -0.3 is 4.74 Å². The maximum Gasteiger partial charge on any atom is 0.164 e. The molecular formula is C47H28N4O. The van der Waals surface area contributed by atoms with Crippen LogP contribution in [0.15, 0.2) is 170 Å². The number of nitriles is 1. The van der Waals surface area contributed by atoms with Gasteiger partial charge in [0, 0.05) is 27.8 Å². The van der Waals surface area contributed by atoms with Gasteiger partial charge in [0.2, 0.25) is 0 Å². The molecule has 2 aliphatic rings. The summed E-state index contributed by atoms with van der Waals surface area (Å²) in [5.41, 5.74) is 11.7. The quantitative estimate of drug-likeness (QED) is 0.187. The molecule has 0 radical (unpaired) electrons. The SMILES string of the molecule is N#Cc1ccc2c(c1)-c1cc(-c3ccc(-c4nc(-c5ccccc5)nc(-c5ccccc5)n4)cc3)ccc1C21c2ccccc2Oc2ccccc21. The van der Waals surface area contributed by atoms with E-state index in [1.807, 2.05) is 97.1 Å². The summed E-state index contributed by atoms with van der Waals surface area (Å²) in [5, 5.41) is 9.97. The van der Waals surface area contributed by atoms with Crippen LogP contribution in [-0.2, 0) is 5.41 Å². The molecule has 0 unspecified atom stereocenters. The van der Waals surface area contributed by atoms with Crippen LogP contribution in [0.3, 0.4) is 0 Å². The summed E-state index contributed by atoms with van der Waals surface area (Å²) >= 11 is 0. The highest BCUT2D eigenvalue weighted by Gasteiger charge is 2.51. The molecule has 0 saturated heterocycles. The summed E-state index contributed by atoms with van der Waals surface area (Å²) in [6, 6.07) is 60.3. The zero-order chi connectivity index (χ0) is 34.6. The van der Waals surface area contributed by atoms with E-state index in [1.54, 1.807) is 0 Å². The van der Waals surface area contributed by atoms with E-state index in [0.717, 1.165) is 67.1 Å². The standard InChI is InChI=1S/C47H28N4O/c48-29-30-19-25-38-36(27-30)37-28-35(24-26-39(37)47(38)40-15-7-9-17-42(40)52-43-18-10-8-16-41(43)47)31-20-22-34(23-21-31)46-50-44(32-11-3-1-4-12-32)49-45(51-46)33-13-5-2-6-14-33/h1-28H. The van der Waals surface area contributed by atoms with E-state index in [-0.39, 0.29) is 0 Å². The normalized spacial score (nSPS) is 12.9. The smallest absolute Gasteiger partial charge is 0.164 e. The van der Waals surface area contributed by atoms with E-state index < -0.39 is 5.41 Å². The molecule has 1 spiro atoms. The molecule has 0 saturated carbocycles. The van der Waals surface area contributed by atoms with E-state index in [9.17, 15) is 5.26 Å². The highest BCUT2D eigenvalue weighted by Crippen LogP contribution is 2.62. The van der Waals surface area contributed by atoms with Crippen molar-refractivity contribution in [2.45, 2.75) is 5.41 Å². The first kappa shape index (κ1) is 29.7. The number of nitrogens with zero attached hydrogens (tertiary/aromatic N) is 4. The lowest BCUT2D eigenvalue weighted by Crippen LogP contribution is -2.32. The van der Waals surface area contributed by atoms with E-state index >= 15 is 0 Å². The van der Waals surface area contributed by atoms with Gasteiger partial charge in [-0.2, -0.15) is 5.26 Å². The first-order chi connectivity index (χ1) is 25.7. The molecule has 1 aliphatic heterocycles. The Morgan fingerprint density at radius 2 is 0.846 bits per heavy atom. The molecule has 2 heterocycles. The maximum atomic E-state index is 9.97. The molecule has 8 aromatic rings. The Bertz CT molecular complexity index is 2610. The lowest BCUT2D eigenvalue weighted by atomic mass is 9.66. The topological polar surface area (TPSA) is 71.7 Å². The summed E-state index contributed by atoms with van der Waals surface area (Å²) in [6.07, 6.45) is 0. The highest BCUT2D eigenvalue weighted by atomic mass is 16.5. The third-order valence-corrected chi connectivity index (χ3v) is 10.2. The van der Waals surface area contributed by atoms with Crippen molar-refractivity contribution >= 4 is 0 Å². The van der Waals surface area contributed by atoms with Gasteiger partial charge >= 0.3 is 0 Å². The molecule has 1 aliphatic carbocycles. The fraction of sp³-hybridized carbons (Fsp3) is 0.0213. The summed E-state index contributed by atoms with van der Waals surface area (Å²) in [6.45, 7) is 0. The summed E-state index contributed by atoms with van der Waals surface area (Å²) in [5.74, 6) is 3.56. The van der Waals surface area contributed by atoms with Crippen molar-refractivity contribution in [1.29, 1.82) is 5.26 Å². The van der Waals surface area contributed by atoms with Crippen LogP contribution in [0, 0.1) is 11.3 Å². The zero-order valence-corrected chi connectivity index (χ0v) is 27.9. The molecule has 52 heavy (non-hydrogen) atoms. The second-order valence-corrected chi connectivity index (χ2v) is 13.1. The minimum atomic E-state index is -0.585. The number of benzene rings is 7. The lowest BCUT2D eigenvalue weighted by Gasteiger charge is -2.39. The Kier molecular flexibility index (Phi) is 6.70. The third kappa shape index (κ3) is 4.52. The molecule has 0 atom stereocenters. The zero-order valence-electron chi connectivity index (χ0n) is 27.9. The number of para-hydroxylation sites is 2. The van der Waals surface area contributed by atoms with Gasteiger partial charge in [-0.25, -0.2) is 15.0 Å². The van der Waals surface area contributed by atoms with Gasteiger partial charge in [0.15, 0.2) is 17.5 Å². The van der Waals surface area contributed by atoms with Crippen LogP contribution >= 0.6 is 0 Å². The first-order valence-corrected chi connectivity index (χ1v) is 17.2. The Labute approximate surface area is 301 Å².